The molecule has 0 aliphatic carbocycles. The van der Waals surface area contributed by atoms with Gasteiger partial charge in [0, 0.05) is 5.39 Å². The summed E-state index contributed by atoms with van der Waals surface area (Å²) < 4.78 is 18.8. The molecule has 0 aliphatic heterocycles. The SMILES string of the molecule is C/C(=N/Nc1ncnc2c1oc1ccccc12)c1ccc(F)cc1. The molecule has 4 aromatic rings. The highest BCUT2D eigenvalue weighted by atomic mass is 19.1. The van der Waals surface area contributed by atoms with Crippen molar-refractivity contribution in [2.75, 3.05) is 5.43 Å². The van der Waals surface area contributed by atoms with E-state index in [4.69, 9.17) is 4.42 Å². The lowest BCUT2D eigenvalue weighted by atomic mass is 10.1. The molecule has 0 bridgehead atoms. The highest BCUT2D eigenvalue weighted by molar-refractivity contribution is 6.05. The van der Waals surface area contributed by atoms with E-state index in [-0.39, 0.29) is 5.82 Å². The lowest BCUT2D eigenvalue weighted by molar-refractivity contribution is 0.628. The van der Waals surface area contributed by atoms with Gasteiger partial charge in [0.05, 0.1) is 5.71 Å². The molecule has 0 saturated carbocycles. The number of fused-ring (bicyclic) bond motifs is 3. The number of rotatable bonds is 3. The van der Waals surface area contributed by atoms with Crippen LogP contribution in [0.15, 0.2) is 64.4 Å². The second-order valence-corrected chi connectivity index (χ2v) is 5.31. The zero-order valence-electron chi connectivity index (χ0n) is 12.8. The molecule has 2 aromatic carbocycles. The van der Waals surface area contributed by atoms with Gasteiger partial charge in [0.2, 0.25) is 0 Å². The second kappa shape index (κ2) is 5.73. The molecule has 2 heterocycles. The molecule has 0 spiro atoms. The molecule has 0 fully saturated rings. The van der Waals surface area contributed by atoms with Crippen LogP contribution in [0, 0.1) is 5.82 Å². The molecule has 4 rings (SSSR count). The molecule has 6 heteroatoms. The lowest BCUT2D eigenvalue weighted by Gasteiger charge is -2.03. The average Bonchev–Trinajstić information content (AvgIpc) is 2.99. The van der Waals surface area contributed by atoms with Gasteiger partial charge in [-0.05, 0) is 36.8 Å². The van der Waals surface area contributed by atoms with Crippen molar-refractivity contribution in [3.05, 3.63) is 66.2 Å². The Hall–Kier alpha value is -3.28. The van der Waals surface area contributed by atoms with E-state index < -0.39 is 0 Å². The predicted octanol–water partition coefficient (Wildman–Crippen LogP) is 4.35. The minimum absolute atomic E-state index is 0.278. The number of furan rings is 1. The van der Waals surface area contributed by atoms with Crippen molar-refractivity contribution in [2.24, 2.45) is 5.10 Å². The van der Waals surface area contributed by atoms with E-state index in [0.29, 0.717) is 17.1 Å². The van der Waals surface area contributed by atoms with Gasteiger partial charge in [-0.25, -0.2) is 14.4 Å². The Morgan fingerprint density at radius 2 is 1.88 bits per heavy atom. The average molecular weight is 320 g/mol. The molecule has 118 valence electrons. The van der Waals surface area contributed by atoms with Gasteiger partial charge in [-0.2, -0.15) is 5.10 Å². The summed E-state index contributed by atoms with van der Waals surface area (Å²) in [7, 11) is 0. The van der Waals surface area contributed by atoms with Crippen molar-refractivity contribution in [3.63, 3.8) is 0 Å². The maximum absolute atomic E-state index is 13.0. The summed E-state index contributed by atoms with van der Waals surface area (Å²) in [5.41, 5.74) is 6.47. The van der Waals surface area contributed by atoms with E-state index in [2.05, 4.69) is 20.5 Å². The van der Waals surface area contributed by atoms with Crippen molar-refractivity contribution in [1.29, 1.82) is 0 Å². The van der Waals surface area contributed by atoms with E-state index in [1.165, 1.54) is 18.5 Å². The summed E-state index contributed by atoms with van der Waals surface area (Å²) in [5, 5.41) is 5.24. The largest absolute Gasteiger partial charge is 0.450 e. The van der Waals surface area contributed by atoms with Crippen LogP contribution in [0.25, 0.3) is 22.1 Å². The van der Waals surface area contributed by atoms with Crippen molar-refractivity contribution in [3.8, 4) is 0 Å². The maximum atomic E-state index is 13.0. The van der Waals surface area contributed by atoms with Gasteiger partial charge in [-0.15, -0.1) is 0 Å². The Morgan fingerprint density at radius 3 is 2.71 bits per heavy atom. The van der Waals surface area contributed by atoms with E-state index >= 15 is 0 Å². The van der Waals surface area contributed by atoms with Gasteiger partial charge in [0.15, 0.2) is 11.4 Å². The fourth-order valence-corrected chi connectivity index (χ4v) is 2.50. The molecule has 0 amide bonds. The van der Waals surface area contributed by atoms with E-state index in [9.17, 15) is 4.39 Å². The summed E-state index contributed by atoms with van der Waals surface area (Å²) >= 11 is 0. The molecular formula is C18H13FN4O. The van der Waals surface area contributed by atoms with Gasteiger partial charge >= 0.3 is 0 Å². The second-order valence-electron chi connectivity index (χ2n) is 5.31. The number of aromatic nitrogens is 2. The number of hydrazone groups is 1. The number of halogens is 1. The third-order valence-electron chi connectivity index (χ3n) is 3.75. The highest BCUT2D eigenvalue weighted by Gasteiger charge is 2.12. The fraction of sp³-hybridized carbons (Fsp3) is 0.0556. The number of hydrogen-bond acceptors (Lipinski definition) is 5. The zero-order chi connectivity index (χ0) is 16.5. The van der Waals surface area contributed by atoms with Crippen LogP contribution in [0.4, 0.5) is 10.2 Å². The smallest absolute Gasteiger partial charge is 0.197 e. The van der Waals surface area contributed by atoms with Gasteiger partial charge < -0.3 is 4.42 Å². The first-order chi connectivity index (χ1) is 11.7. The van der Waals surface area contributed by atoms with E-state index in [1.807, 2.05) is 31.2 Å². The lowest BCUT2D eigenvalue weighted by Crippen LogP contribution is -2.01. The summed E-state index contributed by atoms with van der Waals surface area (Å²) in [6, 6.07) is 13.8. The topological polar surface area (TPSA) is 63.3 Å². The summed E-state index contributed by atoms with van der Waals surface area (Å²) in [5.74, 6) is 0.206. The first-order valence-corrected chi connectivity index (χ1v) is 7.41. The molecule has 1 N–H and O–H groups in total. The Kier molecular flexibility index (Phi) is 3.42. The van der Waals surface area contributed by atoms with Gasteiger partial charge in [-0.1, -0.05) is 24.3 Å². The van der Waals surface area contributed by atoms with Crippen LogP contribution < -0.4 is 5.43 Å². The quantitative estimate of drug-likeness (QED) is 0.450. The molecule has 0 radical (unpaired) electrons. The van der Waals surface area contributed by atoms with Crippen LogP contribution in [0.1, 0.15) is 12.5 Å². The van der Waals surface area contributed by atoms with Crippen LogP contribution in [0.3, 0.4) is 0 Å². The third-order valence-corrected chi connectivity index (χ3v) is 3.75. The van der Waals surface area contributed by atoms with E-state index in [0.717, 1.165) is 22.0 Å². The molecular weight excluding hydrogens is 307 g/mol. The number of nitrogens with zero attached hydrogens (tertiary/aromatic N) is 3. The number of para-hydroxylation sites is 1. The van der Waals surface area contributed by atoms with Crippen LogP contribution in [-0.4, -0.2) is 15.7 Å². The van der Waals surface area contributed by atoms with Crippen LogP contribution in [-0.2, 0) is 0 Å². The third kappa shape index (κ3) is 2.48. The summed E-state index contributed by atoms with van der Waals surface area (Å²) in [4.78, 5) is 8.49. The molecule has 0 unspecified atom stereocenters. The van der Waals surface area contributed by atoms with Crippen LogP contribution in [0.2, 0.25) is 0 Å². The standard InChI is InChI=1S/C18H13FN4O/c1-11(12-6-8-13(19)9-7-12)22-23-18-17-16(20-10-21-18)14-4-2-3-5-15(14)24-17/h2-10H,1H3,(H,20,21,23)/b22-11-. The normalized spacial score (nSPS) is 12.0. The van der Waals surface area contributed by atoms with Crippen molar-refractivity contribution < 1.29 is 8.81 Å². The Labute approximate surface area is 136 Å². The Balaban J connectivity index is 1.72. The zero-order valence-corrected chi connectivity index (χ0v) is 12.8. The molecule has 24 heavy (non-hydrogen) atoms. The number of anilines is 1. The number of hydrogen-bond donors (Lipinski definition) is 1. The van der Waals surface area contributed by atoms with Gasteiger partial charge in [0.25, 0.3) is 0 Å². The van der Waals surface area contributed by atoms with Crippen molar-refractivity contribution in [2.45, 2.75) is 6.92 Å². The maximum Gasteiger partial charge on any atom is 0.197 e. The molecule has 5 nitrogen and oxygen atoms in total. The monoisotopic (exact) mass is 320 g/mol. The van der Waals surface area contributed by atoms with Crippen LogP contribution in [0.5, 0.6) is 0 Å². The molecule has 0 saturated heterocycles. The fourth-order valence-electron chi connectivity index (χ4n) is 2.50. The summed E-state index contributed by atoms with van der Waals surface area (Å²) in [6.45, 7) is 1.83. The first-order valence-electron chi connectivity index (χ1n) is 7.41. The number of nitrogens with one attached hydrogen (secondary N) is 1. The highest BCUT2D eigenvalue weighted by Crippen LogP contribution is 2.30. The molecule has 0 aliphatic rings. The van der Waals surface area contributed by atoms with E-state index in [1.54, 1.807) is 12.1 Å². The minimum Gasteiger partial charge on any atom is -0.450 e. The van der Waals surface area contributed by atoms with Crippen molar-refractivity contribution in [1.82, 2.24) is 9.97 Å². The predicted molar refractivity (Wildman–Crippen MR) is 91.5 cm³/mol. The Morgan fingerprint density at radius 1 is 1.08 bits per heavy atom. The van der Waals surface area contributed by atoms with Crippen molar-refractivity contribution >= 4 is 33.6 Å². The molecule has 2 aromatic heterocycles. The summed E-state index contributed by atoms with van der Waals surface area (Å²) in [6.07, 6.45) is 1.47. The minimum atomic E-state index is -0.278. The molecule has 0 atom stereocenters. The van der Waals surface area contributed by atoms with Gasteiger partial charge in [-0.3, -0.25) is 5.43 Å². The Bertz CT molecular complexity index is 1050. The van der Waals surface area contributed by atoms with Gasteiger partial charge in [0.1, 0.15) is 23.2 Å². The van der Waals surface area contributed by atoms with Crippen LogP contribution >= 0.6 is 0 Å². The number of benzene rings is 2. The first kappa shape index (κ1) is 14.3.